The van der Waals surface area contributed by atoms with Crippen molar-refractivity contribution in [1.29, 1.82) is 0 Å². The molecule has 0 aliphatic carbocycles. The molecule has 0 aliphatic rings. The molecule has 104 valence electrons. The summed E-state index contributed by atoms with van der Waals surface area (Å²) >= 11 is 0. The molecule has 0 amide bonds. The summed E-state index contributed by atoms with van der Waals surface area (Å²) in [5.74, 6) is 1.42. The molecular weight excluding hydrogens is 260 g/mol. The van der Waals surface area contributed by atoms with Gasteiger partial charge in [-0.2, -0.15) is 0 Å². The smallest absolute Gasteiger partial charge is 0.133 e. The van der Waals surface area contributed by atoms with Gasteiger partial charge in [0.05, 0.1) is 0 Å². The maximum Gasteiger partial charge on any atom is 0.133 e. The molecule has 21 heavy (non-hydrogen) atoms. The van der Waals surface area contributed by atoms with Crippen molar-refractivity contribution in [2.24, 2.45) is 0 Å². The van der Waals surface area contributed by atoms with E-state index in [9.17, 15) is 5.11 Å². The van der Waals surface area contributed by atoms with Crippen molar-refractivity contribution in [3.05, 3.63) is 96.1 Å². The van der Waals surface area contributed by atoms with E-state index in [0.717, 1.165) is 16.9 Å². The van der Waals surface area contributed by atoms with Crippen LogP contribution in [-0.2, 0) is 0 Å². The number of aliphatic hydroxyl groups excluding tert-OH is 1. The van der Waals surface area contributed by atoms with Gasteiger partial charge in [-0.25, -0.2) is 0 Å². The zero-order valence-electron chi connectivity index (χ0n) is 11.5. The minimum Gasteiger partial charge on any atom is -0.457 e. The molecule has 1 atom stereocenters. The molecule has 0 aliphatic heterocycles. The molecule has 0 heterocycles. The van der Waals surface area contributed by atoms with Crippen LogP contribution in [0.25, 0.3) is 0 Å². The highest BCUT2D eigenvalue weighted by Gasteiger charge is 2.15. The van der Waals surface area contributed by atoms with Crippen LogP contribution in [-0.4, -0.2) is 5.11 Å². The van der Waals surface area contributed by atoms with E-state index in [-0.39, 0.29) is 0 Å². The minimum absolute atomic E-state index is 0.667. The molecule has 0 aromatic heterocycles. The fourth-order valence-electron chi connectivity index (χ4n) is 2.23. The summed E-state index contributed by atoms with van der Waals surface area (Å²) in [6, 6.07) is 26.7. The summed E-state index contributed by atoms with van der Waals surface area (Å²) in [6.07, 6.45) is -0.703. The highest BCUT2D eigenvalue weighted by molar-refractivity contribution is 5.42. The Labute approximate surface area is 124 Å². The van der Waals surface area contributed by atoms with Crippen molar-refractivity contribution < 1.29 is 9.84 Å². The molecule has 2 nitrogen and oxygen atoms in total. The normalized spacial score (nSPS) is 11.9. The lowest BCUT2D eigenvalue weighted by Crippen LogP contribution is -2.01. The molecule has 3 aromatic carbocycles. The Bertz CT molecular complexity index is 693. The number of para-hydroxylation sites is 2. The second-order valence-corrected chi connectivity index (χ2v) is 4.77. The Balaban J connectivity index is 1.93. The van der Waals surface area contributed by atoms with Gasteiger partial charge in [0.1, 0.15) is 17.6 Å². The Morgan fingerprint density at radius 2 is 1.24 bits per heavy atom. The Morgan fingerprint density at radius 1 is 0.667 bits per heavy atom. The summed E-state index contributed by atoms with van der Waals surface area (Å²) in [7, 11) is 0. The van der Waals surface area contributed by atoms with Crippen LogP contribution < -0.4 is 4.74 Å². The first-order chi connectivity index (χ1) is 10.3. The first kappa shape index (κ1) is 13.4. The number of benzene rings is 3. The molecule has 0 saturated heterocycles. The van der Waals surface area contributed by atoms with Crippen LogP contribution in [0.4, 0.5) is 0 Å². The van der Waals surface area contributed by atoms with Gasteiger partial charge in [-0.15, -0.1) is 0 Å². The maximum absolute atomic E-state index is 10.6. The molecule has 1 unspecified atom stereocenters. The predicted molar refractivity (Wildman–Crippen MR) is 83.5 cm³/mol. The molecule has 3 rings (SSSR count). The van der Waals surface area contributed by atoms with Crippen molar-refractivity contribution in [2.45, 2.75) is 6.10 Å². The van der Waals surface area contributed by atoms with E-state index in [1.54, 1.807) is 0 Å². The Morgan fingerprint density at radius 3 is 1.95 bits per heavy atom. The van der Waals surface area contributed by atoms with E-state index in [4.69, 9.17) is 4.74 Å². The van der Waals surface area contributed by atoms with E-state index in [1.165, 1.54) is 0 Å². The average molecular weight is 276 g/mol. The monoisotopic (exact) mass is 276 g/mol. The Kier molecular flexibility index (Phi) is 3.99. The number of hydrogen-bond donors (Lipinski definition) is 1. The van der Waals surface area contributed by atoms with Gasteiger partial charge >= 0.3 is 0 Å². The average Bonchev–Trinajstić information content (AvgIpc) is 2.56. The van der Waals surface area contributed by atoms with Crippen LogP contribution in [0.15, 0.2) is 84.9 Å². The van der Waals surface area contributed by atoms with Gasteiger partial charge in [0, 0.05) is 5.56 Å². The minimum atomic E-state index is -0.703. The Hall–Kier alpha value is -2.58. The highest BCUT2D eigenvalue weighted by atomic mass is 16.5. The first-order valence-electron chi connectivity index (χ1n) is 6.89. The summed E-state index contributed by atoms with van der Waals surface area (Å²) < 4.78 is 5.89. The van der Waals surface area contributed by atoms with Gasteiger partial charge in [-0.3, -0.25) is 0 Å². The third kappa shape index (κ3) is 3.12. The van der Waals surface area contributed by atoms with Crippen molar-refractivity contribution in [1.82, 2.24) is 0 Å². The van der Waals surface area contributed by atoms with E-state index >= 15 is 0 Å². The van der Waals surface area contributed by atoms with Gasteiger partial charge in [-0.05, 0) is 23.8 Å². The molecule has 1 N–H and O–H groups in total. The zero-order valence-corrected chi connectivity index (χ0v) is 11.5. The van der Waals surface area contributed by atoms with Gasteiger partial charge in [0.25, 0.3) is 0 Å². The topological polar surface area (TPSA) is 29.5 Å². The van der Waals surface area contributed by atoms with Gasteiger partial charge in [0.15, 0.2) is 0 Å². The van der Waals surface area contributed by atoms with Crippen LogP contribution in [0.2, 0.25) is 0 Å². The molecule has 2 heteroatoms. The molecule has 0 saturated carbocycles. The second kappa shape index (κ2) is 6.25. The third-order valence-electron chi connectivity index (χ3n) is 3.30. The van der Waals surface area contributed by atoms with Crippen LogP contribution in [0.3, 0.4) is 0 Å². The molecule has 0 spiro atoms. The first-order valence-corrected chi connectivity index (χ1v) is 6.89. The standard InChI is InChI=1S/C19H16O2/c20-19(15-9-3-1-4-10-15)17-13-7-8-14-18(17)21-16-11-5-2-6-12-16/h1-14,19-20H. The third-order valence-corrected chi connectivity index (χ3v) is 3.30. The predicted octanol–water partition coefficient (Wildman–Crippen LogP) is 4.56. The zero-order chi connectivity index (χ0) is 14.5. The van der Waals surface area contributed by atoms with Crippen molar-refractivity contribution in [3.8, 4) is 11.5 Å². The maximum atomic E-state index is 10.6. The number of hydrogen-bond acceptors (Lipinski definition) is 2. The molecular formula is C19H16O2. The van der Waals surface area contributed by atoms with E-state index < -0.39 is 6.10 Å². The highest BCUT2D eigenvalue weighted by Crippen LogP contribution is 2.32. The van der Waals surface area contributed by atoms with Crippen LogP contribution in [0, 0.1) is 0 Å². The second-order valence-electron chi connectivity index (χ2n) is 4.77. The van der Waals surface area contributed by atoms with E-state index in [0.29, 0.717) is 5.75 Å². The van der Waals surface area contributed by atoms with Crippen molar-refractivity contribution >= 4 is 0 Å². The fourth-order valence-corrected chi connectivity index (χ4v) is 2.23. The van der Waals surface area contributed by atoms with Gasteiger partial charge in [-0.1, -0.05) is 66.7 Å². The van der Waals surface area contributed by atoms with Crippen LogP contribution >= 0.6 is 0 Å². The fraction of sp³-hybridized carbons (Fsp3) is 0.0526. The summed E-state index contributed by atoms with van der Waals surface area (Å²) in [5.41, 5.74) is 1.61. The van der Waals surface area contributed by atoms with Crippen LogP contribution in [0.5, 0.6) is 11.5 Å². The summed E-state index contributed by atoms with van der Waals surface area (Å²) in [5, 5.41) is 10.6. The molecule has 0 radical (unpaired) electrons. The lowest BCUT2D eigenvalue weighted by atomic mass is 10.0. The SMILES string of the molecule is OC(c1ccccc1)c1ccccc1Oc1ccccc1. The molecule has 0 fully saturated rings. The number of rotatable bonds is 4. The number of aliphatic hydroxyl groups is 1. The van der Waals surface area contributed by atoms with Gasteiger partial charge in [0.2, 0.25) is 0 Å². The molecule has 0 bridgehead atoms. The van der Waals surface area contributed by atoms with Crippen molar-refractivity contribution in [3.63, 3.8) is 0 Å². The summed E-state index contributed by atoms with van der Waals surface area (Å²) in [4.78, 5) is 0. The summed E-state index contributed by atoms with van der Waals surface area (Å²) in [6.45, 7) is 0. The quantitative estimate of drug-likeness (QED) is 0.757. The van der Waals surface area contributed by atoms with Gasteiger partial charge < -0.3 is 9.84 Å². The lowest BCUT2D eigenvalue weighted by Gasteiger charge is -2.16. The largest absolute Gasteiger partial charge is 0.457 e. The lowest BCUT2D eigenvalue weighted by molar-refractivity contribution is 0.216. The van der Waals surface area contributed by atoms with Crippen molar-refractivity contribution in [2.75, 3.05) is 0 Å². The van der Waals surface area contributed by atoms with E-state index in [1.807, 2.05) is 84.9 Å². The van der Waals surface area contributed by atoms with Crippen LogP contribution in [0.1, 0.15) is 17.2 Å². The van der Waals surface area contributed by atoms with E-state index in [2.05, 4.69) is 0 Å². The molecule has 3 aromatic rings. The number of ether oxygens (including phenoxy) is 1.